The van der Waals surface area contributed by atoms with Crippen LogP contribution in [0.25, 0.3) is 0 Å². The van der Waals surface area contributed by atoms with Crippen LogP contribution >= 0.6 is 0 Å². The molecule has 2 aromatic carbocycles. The molecule has 6 heteroatoms. The standard InChI is InChI=1S/C18H17F2NO3/c1-24-18(23)16(9-12-5-3-2-4-6-12)21-17(22)10-13-7-8-14(19)11-15(13)20/h2-8,11,16H,9-10H2,1H3,(H,21,22)/t16-/m1/s1. The van der Waals surface area contributed by atoms with E-state index in [-0.39, 0.29) is 18.4 Å². The third-order valence-corrected chi connectivity index (χ3v) is 3.47. The quantitative estimate of drug-likeness (QED) is 0.826. The van der Waals surface area contributed by atoms with Crippen LogP contribution in [0.2, 0.25) is 0 Å². The zero-order valence-electron chi connectivity index (χ0n) is 13.1. The van der Waals surface area contributed by atoms with Gasteiger partial charge in [-0.2, -0.15) is 0 Å². The minimum atomic E-state index is -0.881. The molecule has 1 N–H and O–H groups in total. The van der Waals surface area contributed by atoms with Gasteiger partial charge in [-0.3, -0.25) is 4.79 Å². The summed E-state index contributed by atoms with van der Waals surface area (Å²) >= 11 is 0. The first-order valence-electron chi connectivity index (χ1n) is 7.34. The maximum Gasteiger partial charge on any atom is 0.328 e. The average molecular weight is 333 g/mol. The van der Waals surface area contributed by atoms with Crippen molar-refractivity contribution in [3.8, 4) is 0 Å². The van der Waals surface area contributed by atoms with E-state index in [2.05, 4.69) is 5.32 Å². The molecule has 0 aromatic heterocycles. The molecule has 0 unspecified atom stereocenters. The van der Waals surface area contributed by atoms with Crippen molar-refractivity contribution in [3.63, 3.8) is 0 Å². The molecule has 0 spiro atoms. The van der Waals surface area contributed by atoms with E-state index >= 15 is 0 Å². The van der Waals surface area contributed by atoms with Crippen LogP contribution in [0.1, 0.15) is 11.1 Å². The van der Waals surface area contributed by atoms with Gasteiger partial charge in [-0.05, 0) is 17.2 Å². The summed E-state index contributed by atoms with van der Waals surface area (Å²) < 4.78 is 31.2. The van der Waals surface area contributed by atoms with Crippen LogP contribution in [0.15, 0.2) is 48.5 Å². The lowest BCUT2D eigenvalue weighted by atomic mass is 10.1. The van der Waals surface area contributed by atoms with Gasteiger partial charge < -0.3 is 10.1 Å². The zero-order valence-corrected chi connectivity index (χ0v) is 13.1. The summed E-state index contributed by atoms with van der Waals surface area (Å²) in [7, 11) is 1.23. The number of halogens is 2. The minimum Gasteiger partial charge on any atom is -0.467 e. The molecule has 24 heavy (non-hydrogen) atoms. The van der Waals surface area contributed by atoms with E-state index in [0.29, 0.717) is 6.07 Å². The largest absolute Gasteiger partial charge is 0.467 e. The van der Waals surface area contributed by atoms with E-state index in [1.165, 1.54) is 13.2 Å². The molecule has 2 rings (SSSR count). The van der Waals surface area contributed by atoms with Gasteiger partial charge in [0.25, 0.3) is 0 Å². The number of hydrogen-bond donors (Lipinski definition) is 1. The van der Waals surface area contributed by atoms with Crippen LogP contribution < -0.4 is 5.32 Å². The fourth-order valence-corrected chi connectivity index (χ4v) is 2.27. The van der Waals surface area contributed by atoms with E-state index in [0.717, 1.165) is 11.6 Å². The molecule has 0 fully saturated rings. The molecule has 4 nitrogen and oxygen atoms in total. The van der Waals surface area contributed by atoms with Crippen LogP contribution in [0.4, 0.5) is 8.78 Å². The highest BCUT2D eigenvalue weighted by atomic mass is 19.1. The van der Waals surface area contributed by atoms with Gasteiger partial charge in [-0.15, -0.1) is 0 Å². The summed E-state index contributed by atoms with van der Waals surface area (Å²) in [5, 5.41) is 2.53. The van der Waals surface area contributed by atoms with Gasteiger partial charge in [-0.25, -0.2) is 13.6 Å². The highest BCUT2D eigenvalue weighted by molar-refractivity contribution is 5.85. The first-order chi connectivity index (χ1) is 11.5. The molecule has 0 aliphatic rings. The summed E-state index contributed by atoms with van der Waals surface area (Å²) in [6.07, 6.45) is -0.0421. The molecule has 2 aromatic rings. The van der Waals surface area contributed by atoms with Crippen LogP contribution in [0.5, 0.6) is 0 Å². The normalized spacial score (nSPS) is 11.6. The summed E-state index contributed by atoms with van der Waals surface area (Å²) in [6, 6.07) is 11.2. The summed E-state index contributed by atoms with van der Waals surface area (Å²) in [4.78, 5) is 23.9. The Morgan fingerprint density at radius 1 is 1.12 bits per heavy atom. The molecule has 1 amide bonds. The van der Waals surface area contributed by atoms with E-state index in [1.807, 2.05) is 30.3 Å². The molecule has 126 valence electrons. The number of nitrogens with one attached hydrogen (secondary N) is 1. The van der Waals surface area contributed by atoms with Crippen molar-refractivity contribution in [2.75, 3.05) is 7.11 Å². The Kier molecular flexibility index (Phi) is 6.01. The lowest BCUT2D eigenvalue weighted by Gasteiger charge is -2.17. The van der Waals surface area contributed by atoms with Crippen molar-refractivity contribution in [2.24, 2.45) is 0 Å². The maximum absolute atomic E-state index is 13.6. The lowest BCUT2D eigenvalue weighted by Crippen LogP contribution is -2.43. The minimum absolute atomic E-state index is 0.0530. The van der Waals surface area contributed by atoms with Crippen LogP contribution in [-0.4, -0.2) is 25.0 Å². The van der Waals surface area contributed by atoms with Crippen LogP contribution in [-0.2, 0) is 27.2 Å². The Morgan fingerprint density at radius 3 is 2.46 bits per heavy atom. The average Bonchev–Trinajstić information content (AvgIpc) is 2.57. The maximum atomic E-state index is 13.6. The Morgan fingerprint density at radius 2 is 1.83 bits per heavy atom. The molecule has 0 bridgehead atoms. The molecule has 1 atom stereocenters. The van der Waals surface area contributed by atoms with Gasteiger partial charge in [-0.1, -0.05) is 36.4 Å². The number of amides is 1. The second-order valence-electron chi connectivity index (χ2n) is 5.25. The van der Waals surface area contributed by atoms with Gasteiger partial charge >= 0.3 is 5.97 Å². The Bertz CT molecular complexity index is 719. The molecule has 0 aliphatic heterocycles. The first kappa shape index (κ1) is 17.6. The van der Waals surface area contributed by atoms with E-state index in [9.17, 15) is 18.4 Å². The first-order valence-corrected chi connectivity index (χ1v) is 7.34. The van der Waals surface area contributed by atoms with E-state index < -0.39 is 29.6 Å². The van der Waals surface area contributed by atoms with Crippen molar-refractivity contribution >= 4 is 11.9 Å². The van der Waals surface area contributed by atoms with Gasteiger partial charge in [0.15, 0.2) is 0 Å². The predicted molar refractivity (Wildman–Crippen MR) is 84.2 cm³/mol. The number of carbonyl (C=O) groups is 2. The van der Waals surface area contributed by atoms with E-state index in [4.69, 9.17) is 4.74 Å². The van der Waals surface area contributed by atoms with Crippen molar-refractivity contribution in [2.45, 2.75) is 18.9 Å². The molecule has 0 aliphatic carbocycles. The third kappa shape index (κ3) is 4.87. The van der Waals surface area contributed by atoms with Crippen molar-refractivity contribution in [1.82, 2.24) is 5.32 Å². The van der Waals surface area contributed by atoms with Gasteiger partial charge in [0.1, 0.15) is 17.7 Å². The highest BCUT2D eigenvalue weighted by Crippen LogP contribution is 2.11. The number of hydrogen-bond acceptors (Lipinski definition) is 3. The Labute approximate surface area is 138 Å². The van der Waals surface area contributed by atoms with Gasteiger partial charge in [0.05, 0.1) is 13.5 Å². The van der Waals surface area contributed by atoms with Gasteiger partial charge in [0.2, 0.25) is 5.91 Å². The second kappa shape index (κ2) is 8.19. The summed E-state index contributed by atoms with van der Waals surface area (Å²) in [6.45, 7) is 0. The number of rotatable bonds is 6. The van der Waals surface area contributed by atoms with Crippen LogP contribution in [0.3, 0.4) is 0 Å². The molecule has 0 saturated heterocycles. The third-order valence-electron chi connectivity index (χ3n) is 3.47. The number of methoxy groups -OCH3 is 1. The Hall–Kier alpha value is -2.76. The number of ether oxygens (including phenoxy) is 1. The van der Waals surface area contributed by atoms with Crippen LogP contribution in [0, 0.1) is 11.6 Å². The topological polar surface area (TPSA) is 55.4 Å². The summed E-state index contributed by atoms with van der Waals surface area (Å²) in [5.74, 6) is -2.66. The lowest BCUT2D eigenvalue weighted by molar-refractivity contribution is -0.145. The molecule has 0 saturated carbocycles. The zero-order chi connectivity index (χ0) is 17.5. The predicted octanol–water partition coefficient (Wildman–Crippen LogP) is 2.41. The second-order valence-corrected chi connectivity index (χ2v) is 5.25. The molecule has 0 radical (unpaired) electrons. The van der Waals surface area contributed by atoms with Gasteiger partial charge in [0, 0.05) is 12.5 Å². The van der Waals surface area contributed by atoms with Crippen molar-refractivity contribution < 1.29 is 23.1 Å². The highest BCUT2D eigenvalue weighted by Gasteiger charge is 2.22. The molecular formula is C18H17F2NO3. The monoisotopic (exact) mass is 333 g/mol. The van der Waals surface area contributed by atoms with E-state index in [1.54, 1.807) is 0 Å². The molecule has 0 heterocycles. The fraction of sp³-hybridized carbons (Fsp3) is 0.222. The SMILES string of the molecule is COC(=O)[C@@H](Cc1ccccc1)NC(=O)Cc1ccc(F)cc1F. The Balaban J connectivity index is 2.05. The number of carbonyl (C=O) groups excluding carboxylic acids is 2. The smallest absolute Gasteiger partial charge is 0.328 e. The number of benzene rings is 2. The summed E-state index contributed by atoms with van der Waals surface area (Å²) in [5.41, 5.74) is 0.901. The number of esters is 1. The molecular weight excluding hydrogens is 316 g/mol. The van der Waals surface area contributed by atoms with Crippen molar-refractivity contribution in [1.29, 1.82) is 0 Å². The van der Waals surface area contributed by atoms with Crippen molar-refractivity contribution in [3.05, 3.63) is 71.3 Å². The fourth-order valence-electron chi connectivity index (χ4n) is 2.27.